The molecule has 78 valence electrons. The molecular formula is C8H12N2O4. The first kappa shape index (κ1) is 10.7. The normalized spacial score (nSPS) is 12.5. The van der Waals surface area contributed by atoms with Crippen LogP contribution in [0.5, 0.6) is 0 Å². The van der Waals surface area contributed by atoms with Crippen LogP contribution in [-0.4, -0.2) is 33.9 Å². The van der Waals surface area contributed by atoms with E-state index in [4.69, 9.17) is 10.2 Å². The van der Waals surface area contributed by atoms with Crippen molar-refractivity contribution in [3.63, 3.8) is 0 Å². The third-order valence-corrected chi connectivity index (χ3v) is 1.60. The molecule has 0 radical (unpaired) electrons. The third kappa shape index (κ3) is 2.54. The summed E-state index contributed by atoms with van der Waals surface area (Å²) in [5.74, 6) is -0.437. The summed E-state index contributed by atoms with van der Waals surface area (Å²) in [4.78, 5) is 11.3. The molecule has 1 amide bonds. The first-order valence-corrected chi connectivity index (χ1v) is 4.15. The van der Waals surface area contributed by atoms with E-state index >= 15 is 0 Å². The number of carbonyl (C=O) groups excluding carboxylic acids is 1. The van der Waals surface area contributed by atoms with E-state index in [9.17, 15) is 4.79 Å². The Balaban J connectivity index is 2.60. The summed E-state index contributed by atoms with van der Waals surface area (Å²) < 4.78 is 4.66. The lowest BCUT2D eigenvalue weighted by Gasteiger charge is -2.07. The number of nitrogens with zero attached hydrogens (tertiary/aromatic N) is 1. The minimum Gasteiger partial charge on any atom is -0.394 e. The molecule has 6 nitrogen and oxygen atoms in total. The average Bonchev–Trinajstić information content (AvgIpc) is 2.65. The molecule has 14 heavy (non-hydrogen) atoms. The van der Waals surface area contributed by atoms with E-state index in [2.05, 4.69) is 15.0 Å². The molecule has 0 aliphatic rings. The zero-order chi connectivity index (χ0) is 10.6. The van der Waals surface area contributed by atoms with Crippen molar-refractivity contribution >= 4 is 5.91 Å². The molecule has 1 unspecified atom stereocenters. The van der Waals surface area contributed by atoms with Gasteiger partial charge in [0.1, 0.15) is 5.69 Å². The molecule has 1 atom stereocenters. The molecule has 1 heterocycles. The SMILES string of the molecule is CC(CO)NC(=O)c1cc(CO)no1. The minimum absolute atomic E-state index is 0.0225. The van der Waals surface area contributed by atoms with Gasteiger partial charge >= 0.3 is 0 Å². The topological polar surface area (TPSA) is 95.6 Å². The minimum atomic E-state index is -0.459. The van der Waals surface area contributed by atoms with Gasteiger partial charge in [0.15, 0.2) is 0 Å². The number of carbonyl (C=O) groups is 1. The highest BCUT2D eigenvalue weighted by Crippen LogP contribution is 2.03. The lowest BCUT2D eigenvalue weighted by molar-refractivity contribution is 0.0884. The maximum Gasteiger partial charge on any atom is 0.290 e. The molecule has 1 aromatic heterocycles. The number of rotatable bonds is 4. The van der Waals surface area contributed by atoms with Crippen molar-refractivity contribution in [1.29, 1.82) is 0 Å². The van der Waals surface area contributed by atoms with Crippen LogP contribution in [0.4, 0.5) is 0 Å². The summed E-state index contributed by atoms with van der Waals surface area (Å²) >= 11 is 0. The van der Waals surface area contributed by atoms with Gasteiger partial charge in [-0.3, -0.25) is 4.79 Å². The van der Waals surface area contributed by atoms with Gasteiger partial charge in [0.05, 0.1) is 13.2 Å². The van der Waals surface area contributed by atoms with Gasteiger partial charge in [0, 0.05) is 12.1 Å². The fourth-order valence-corrected chi connectivity index (χ4v) is 0.834. The van der Waals surface area contributed by atoms with Crippen molar-refractivity contribution < 1.29 is 19.5 Å². The molecule has 0 aromatic carbocycles. The van der Waals surface area contributed by atoms with Gasteiger partial charge in [0.25, 0.3) is 5.91 Å². The van der Waals surface area contributed by atoms with Crippen molar-refractivity contribution in [2.45, 2.75) is 19.6 Å². The van der Waals surface area contributed by atoms with Gasteiger partial charge in [0.2, 0.25) is 5.76 Å². The molecule has 6 heteroatoms. The van der Waals surface area contributed by atoms with Crippen LogP contribution >= 0.6 is 0 Å². The molecule has 0 aliphatic carbocycles. The average molecular weight is 200 g/mol. The number of hydrogen-bond donors (Lipinski definition) is 3. The first-order chi connectivity index (χ1) is 6.67. The molecule has 0 spiro atoms. The first-order valence-electron chi connectivity index (χ1n) is 4.15. The van der Waals surface area contributed by atoms with E-state index in [-0.39, 0.29) is 25.0 Å². The zero-order valence-corrected chi connectivity index (χ0v) is 7.73. The second-order valence-electron chi connectivity index (χ2n) is 2.90. The molecule has 1 aromatic rings. The van der Waals surface area contributed by atoms with Crippen LogP contribution in [0.2, 0.25) is 0 Å². The largest absolute Gasteiger partial charge is 0.394 e. The fourth-order valence-electron chi connectivity index (χ4n) is 0.834. The van der Waals surface area contributed by atoms with E-state index in [0.717, 1.165) is 0 Å². The number of aliphatic hydroxyl groups is 2. The van der Waals surface area contributed by atoms with Crippen LogP contribution in [0.1, 0.15) is 23.2 Å². The van der Waals surface area contributed by atoms with E-state index < -0.39 is 5.91 Å². The van der Waals surface area contributed by atoms with Gasteiger partial charge in [-0.05, 0) is 6.92 Å². The number of nitrogens with one attached hydrogen (secondary N) is 1. The van der Waals surface area contributed by atoms with Gasteiger partial charge < -0.3 is 20.1 Å². The lowest BCUT2D eigenvalue weighted by Crippen LogP contribution is -2.34. The Hall–Kier alpha value is -1.40. The Bertz CT molecular complexity index is 310. The summed E-state index contributed by atoms with van der Waals surface area (Å²) in [7, 11) is 0. The molecule has 3 N–H and O–H groups in total. The summed E-state index contributed by atoms with van der Waals surface area (Å²) in [5.41, 5.74) is 0.298. The predicted molar refractivity (Wildman–Crippen MR) is 46.4 cm³/mol. The highest BCUT2D eigenvalue weighted by molar-refractivity contribution is 5.91. The molecule has 0 fully saturated rings. The monoisotopic (exact) mass is 200 g/mol. The van der Waals surface area contributed by atoms with E-state index in [1.165, 1.54) is 6.07 Å². The molecule has 0 saturated heterocycles. The Morgan fingerprint density at radius 2 is 2.43 bits per heavy atom. The van der Waals surface area contributed by atoms with Gasteiger partial charge in [-0.2, -0.15) is 0 Å². The highest BCUT2D eigenvalue weighted by atomic mass is 16.5. The van der Waals surface area contributed by atoms with Gasteiger partial charge in [-0.15, -0.1) is 0 Å². The second-order valence-corrected chi connectivity index (χ2v) is 2.90. The van der Waals surface area contributed by atoms with Crippen molar-refractivity contribution in [3.8, 4) is 0 Å². The van der Waals surface area contributed by atoms with Crippen LogP contribution in [-0.2, 0) is 6.61 Å². The van der Waals surface area contributed by atoms with Crippen LogP contribution in [0, 0.1) is 0 Å². The number of aromatic nitrogens is 1. The highest BCUT2D eigenvalue weighted by Gasteiger charge is 2.14. The van der Waals surface area contributed by atoms with Crippen molar-refractivity contribution in [3.05, 3.63) is 17.5 Å². The quantitative estimate of drug-likeness (QED) is 0.596. The van der Waals surface area contributed by atoms with Crippen molar-refractivity contribution in [2.75, 3.05) is 6.61 Å². The van der Waals surface area contributed by atoms with Crippen molar-refractivity contribution in [2.24, 2.45) is 0 Å². The van der Waals surface area contributed by atoms with Crippen LogP contribution < -0.4 is 5.32 Å². The summed E-state index contributed by atoms with van der Waals surface area (Å²) in [6.45, 7) is 1.24. The fraction of sp³-hybridized carbons (Fsp3) is 0.500. The number of aliphatic hydroxyl groups excluding tert-OH is 2. The Morgan fingerprint density at radius 1 is 1.71 bits per heavy atom. The van der Waals surface area contributed by atoms with Gasteiger partial charge in [-0.25, -0.2) is 0 Å². The molecular weight excluding hydrogens is 188 g/mol. The third-order valence-electron chi connectivity index (χ3n) is 1.60. The molecule has 0 bridgehead atoms. The second kappa shape index (κ2) is 4.73. The number of amides is 1. The predicted octanol–water partition coefficient (Wildman–Crippen LogP) is -0.723. The summed E-state index contributed by atoms with van der Waals surface area (Å²) in [6.07, 6.45) is 0. The number of hydrogen-bond acceptors (Lipinski definition) is 5. The molecule has 0 saturated carbocycles. The standard InChI is InChI=1S/C8H12N2O4/c1-5(3-11)9-8(13)7-2-6(4-12)10-14-7/h2,5,11-12H,3-4H2,1H3,(H,9,13). The summed E-state index contributed by atoms with van der Waals surface area (Å²) in [6, 6.07) is 1.00. The Labute approximate surface area is 80.5 Å². The molecule has 1 rings (SSSR count). The van der Waals surface area contributed by atoms with Gasteiger partial charge in [-0.1, -0.05) is 5.16 Å². The maximum absolute atomic E-state index is 11.3. The van der Waals surface area contributed by atoms with Crippen LogP contribution in [0.25, 0.3) is 0 Å². The van der Waals surface area contributed by atoms with Crippen molar-refractivity contribution in [1.82, 2.24) is 10.5 Å². The van der Waals surface area contributed by atoms with E-state index in [0.29, 0.717) is 5.69 Å². The van der Waals surface area contributed by atoms with E-state index in [1.807, 2.05) is 0 Å². The zero-order valence-electron chi connectivity index (χ0n) is 7.73. The van der Waals surface area contributed by atoms with Crippen LogP contribution in [0.15, 0.2) is 10.6 Å². The maximum atomic E-state index is 11.3. The summed E-state index contributed by atoms with van der Waals surface area (Å²) in [5, 5.41) is 23.3. The molecule has 0 aliphatic heterocycles. The Kier molecular flexibility index (Phi) is 3.61. The van der Waals surface area contributed by atoms with E-state index in [1.54, 1.807) is 6.92 Å². The Morgan fingerprint density at radius 3 is 2.93 bits per heavy atom. The smallest absolute Gasteiger partial charge is 0.290 e. The van der Waals surface area contributed by atoms with Crippen LogP contribution in [0.3, 0.4) is 0 Å². The lowest BCUT2D eigenvalue weighted by atomic mass is 10.3.